The Kier molecular flexibility index (Phi) is 2.95. The van der Waals surface area contributed by atoms with Crippen molar-refractivity contribution in [2.24, 2.45) is 0 Å². The summed E-state index contributed by atoms with van der Waals surface area (Å²) >= 11 is 0. The van der Waals surface area contributed by atoms with E-state index < -0.39 is 17.0 Å². The van der Waals surface area contributed by atoms with Crippen molar-refractivity contribution in [3.05, 3.63) is 53.3 Å². The molecular formula is C17H14O5. The number of phenolic OH excluding ortho intramolecular Hbond substituents is 1. The maximum atomic E-state index is 12.7. The lowest BCUT2D eigenvalue weighted by atomic mass is 9.68. The summed E-state index contributed by atoms with van der Waals surface area (Å²) in [6, 6.07) is 3.06. The van der Waals surface area contributed by atoms with Crippen LogP contribution in [-0.4, -0.2) is 30.9 Å². The zero-order chi connectivity index (χ0) is 16.1. The normalized spacial score (nSPS) is 22.8. The molecule has 5 nitrogen and oxygen atoms in total. The zero-order valence-electron chi connectivity index (χ0n) is 12.2. The molecule has 0 saturated heterocycles. The Morgan fingerprint density at radius 3 is 2.55 bits per heavy atom. The Hall–Kier alpha value is -2.82. The third kappa shape index (κ3) is 1.59. The van der Waals surface area contributed by atoms with E-state index in [-0.39, 0.29) is 17.3 Å². The Morgan fingerprint density at radius 1 is 1.18 bits per heavy atom. The van der Waals surface area contributed by atoms with Gasteiger partial charge in [0.15, 0.2) is 17.3 Å². The van der Waals surface area contributed by atoms with Crippen molar-refractivity contribution in [1.82, 2.24) is 0 Å². The van der Waals surface area contributed by atoms with Gasteiger partial charge in [-0.1, -0.05) is 18.7 Å². The van der Waals surface area contributed by atoms with E-state index in [2.05, 4.69) is 6.58 Å². The lowest BCUT2D eigenvalue weighted by Gasteiger charge is -2.31. The van der Waals surface area contributed by atoms with Crippen molar-refractivity contribution in [2.45, 2.75) is 5.41 Å². The Labute approximate surface area is 127 Å². The molecule has 0 amide bonds. The quantitative estimate of drug-likeness (QED) is 0.844. The number of methoxy groups -OCH3 is 2. The molecule has 1 atom stereocenters. The molecule has 5 heteroatoms. The van der Waals surface area contributed by atoms with Crippen molar-refractivity contribution >= 4 is 17.6 Å². The topological polar surface area (TPSA) is 72.8 Å². The second-order valence-corrected chi connectivity index (χ2v) is 5.15. The van der Waals surface area contributed by atoms with Crippen molar-refractivity contribution in [1.29, 1.82) is 0 Å². The van der Waals surface area contributed by atoms with E-state index in [1.807, 2.05) is 0 Å². The number of allylic oxidation sites excluding steroid dienone is 4. The second kappa shape index (κ2) is 4.59. The van der Waals surface area contributed by atoms with Gasteiger partial charge in [-0.05, 0) is 34.9 Å². The van der Waals surface area contributed by atoms with Gasteiger partial charge in [0.1, 0.15) is 5.41 Å². The fraction of sp³-hybridized carbons (Fsp3) is 0.176. The summed E-state index contributed by atoms with van der Waals surface area (Å²) in [5.41, 5.74) is 0.401. The lowest BCUT2D eigenvalue weighted by Crippen LogP contribution is -2.43. The van der Waals surface area contributed by atoms with Crippen LogP contribution in [0.2, 0.25) is 0 Å². The molecule has 0 heterocycles. The molecule has 0 radical (unpaired) electrons. The number of hydrogen-bond acceptors (Lipinski definition) is 5. The van der Waals surface area contributed by atoms with Crippen LogP contribution >= 0.6 is 0 Å². The number of aromatic hydroxyl groups is 1. The van der Waals surface area contributed by atoms with Gasteiger partial charge in [-0.3, -0.25) is 9.59 Å². The fourth-order valence-corrected chi connectivity index (χ4v) is 2.94. The first-order chi connectivity index (χ1) is 10.5. The number of phenols is 1. The highest BCUT2D eigenvalue weighted by Gasteiger charge is 2.50. The standard InChI is InChI=1S/C17H14O5/c1-9-6-14(22-3)15(19)16(20)17(9)5-4-10-7-12(18)13(21-2)8-11(10)17/h4-8,18H,1H2,2-3H3/t17-/m0/s1. The van der Waals surface area contributed by atoms with E-state index in [0.29, 0.717) is 16.7 Å². The molecule has 112 valence electrons. The number of Topliss-reactive ketones (excluding diaryl/α,β-unsaturated/α-hetero) is 2. The smallest absolute Gasteiger partial charge is 0.264 e. The van der Waals surface area contributed by atoms with E-state index in [1.165, 1.54) is 26.4 Å². The van der Waals surface area contributed by atoms with E-state index in [9.17, 15) is 14.7 Å². The van der Waals surface area contributed by atoms with Crippen molar-refractivity contribution in [3.63, 3.8) is 0 Å². The number of rotatable bonds is 2. The first kappa shape index (κ1) is 14.1. The van der Waals surface area contributed by atoms with Crippen molar-refractivity contribution < 1.29 is 24.2 Å². The molecule has 1 N–H and O–H groups in total. The van der Waals surface area contributed by atoms with Crippen molar-refractivity contribution in [2.75, 3.05) is 14.2 Å². The highest BCUT2D eigenvalue weighted by atomic mass is 16.5. The van der Waals surface area contributed by atoms with Crippen LogP contribution in [0.15, 0.2) is 42.2 Å². The molecule has 1 spiro atoms. The molecule has 1 aromatic carbocycles. The molecule has 0 bridgehead atoms. The van der Waals surface area contributed by atoms with E-state index in [1.54, 1.807) is 18.2 Å². The SMILES string of the molecule is C=C1C=C(OC)C(=O)C(=O)[C@@]12C=Cc1cc(O)c(OC)cc12. The van der Waals surface area contributed by atoms with Gasteiger partial charge < -0.3 is 14.6 Å². The van der Waals surface area contributed by atoms with Gasteiger partial charge in [-0.15, -0.1) is 0 Å². The van der Waals surface area contributed by atoms with Gasteiger partial charge in [0.05, 0.1) is 14.2 Å². The van der Waals surface area contributed by atoms with Gasteiger partial charge in [0.2, 0.25) is 5.78 Å². The fourth-order valence-electron chi connectivity index (χ4n) is 2.94. The van der Waals surface area contributed by atoms with Crippen LogP contribution in [0.3, 0.4) is 0 Å². The van der Waals surface area contributed by atoms with Crippen LogP contribution < -0.4 is 4.74 Å². The number of carbonyl (C=O) groups excluding carboxylic acids is 2. The molecule has 1 aromatic rings. The third-order valence-corrected chi connectivity index (χ3v) is 4.11. The number of ether oxygens (including phenoxy) is 2. The number of ketones is 2. The summed E-state index contributed by atoms with van der Waals surface area (Å²) in [6.45, 7) is 3.93. The predicted molar refractivity (Wildman–Crippen MR) is 79.6 cm³/mol. The van der Waals surface area contributed by atoms with E-state index in [0.717, 1.165) is 0 Å². The van der Waals surface area contributed by atoms with Gasteiger partial charge in [0.25, 0.3) is 5.78 Å². The molecule has 3 rings (SSSR count). The molecular weight excluding hydrogens is 284 g/mol. The van der Waals surface area contributed by atoms with Gasteiger partial charge in [-0.25, -0.2) is 0 Å². The first-order valence-corrected chi connectivity index (χ1v) is 6.60. The van der Waals surface area contributed by atoms with Gasteiger partial charge >= 0.3 is 0 Å². The summed E-state index contributed by atoms with van der Waals surface area (Å²) in [6.07, 6.45) is 4.79. The largest absolute Gasteiger partial charge is 0.504 e. The summed E-state index contributed by atoms with van der Waals surface area (Å²) in [5.74, 6) is -1.14. The van der Waals surface area contributed by atoms with Crippen LogP contribution in [0, 0.1) is 0 Å². The van der Waals surface area contributed by atoms with Crippen LogP contribution in [-0.2, 0) is 19.7 Å². The molecule has 0 aromatic heterocycles. The molecule has 0 unspecified atom stereocenters. The Morgan fingerprint density at radius 2 is 1.91 bits per heavy atom. The molecule has 0 aliphatic heterocycles. The van der Waals surface area contributed by atoms with Crippen LogP contribution in [0.1, 0.15) is 11.1 Å². The summed E-state index contributed by atoms with van der Waals surface area (Å²) < 4.78 is 10.0. The zero-order valence-corrected chi connectivity index (χ0v) is 12.2. The maximum absolute atomic E-state index is 12.7. The van der Waals surface area contributed by atoms with Gasteiger partial charge in [-0.2, -0.15) is 0 Å². The number of hydrogen-bond donors (Lipinski definition) is 1. The monoisotopic (exact) mass is 298 g/mol. The first-order valence-electron chi connectivity index (χ1n) is 6.60. The minimum Gasteiger partial charge on any atom is -0.504 e. The van der Waals surface area contributed by atoms with Crippen LogP contribution in [0.5, 0.6) is 11.5 Å². The number of fused-ring (bicyclic) bond motifs is 2. The Balaban J connectivity index is 2.25. The van der Waals surface area contributed by atoms with E-state index >= 15 is 0 Å². The summed E-state index contributed by atoms with van der Waals surface area (Å²) in [4.78, 5) is 24.9. The molecule has 22 heavy (non-hydrogen) atoms. The second-order valence-electron chi connectivity index (χ2n) is 5.15. The van der Waals surface area contributed by atoms with E-state index in [4.69, 9.17) is 9.47 Å². The van der Waals surface area contributed by atoms with Crippen LogP contribution in [0.25, 0.3) is 6.08 Å². The van der Waals surface area contributed by atoms with Crippen molar-refractivity contribution in [3.8, 4) is 11.5 Å². The van der Waals surface area contributed by atoms with Crippen LogP contribution in [0.4, 0.5) is 0 Å². The summed E-state index contributed by atoms with van der Waals surface area (Å²) in [7, 11) is 2.75. The average Bonchev–Trinajstić information content (AvgIpc) is 2.87. The number of benzene rings is 1. The molecule has 2 aliphatic carbocycles. The molecule has 0 fully saturated rings. The molecule has 2 aliphatic rings. The maximum Gasteiger partial charge on any atom is 0.264 e. The minimum atomic E-state index is -1.25. The van der Waals surface area contributed by atoms with Gasteiger partial charge in [0, 0.05) is 0 Å². The highest BCUT2D eigenvalue weighted by molar-refractivity contribution is 6.48. The minimum absolute atomic E-state index is 0.0202. The number of carbonyl (C=O) groups is 2. The Bertz CT molecular complexity index is 784. The lowest BCUT2D eigenvalue weighted by molar-refractivity contribution is -0.138. The average molecular weight is 298 g/mol. The molecule has 0 saturated carbocycles. The summed E-state index contributed by atoms with van der Waals surface area (Å²) in [5, 5.41) is 9.86. The highest BCUT2D eigenvalue weighted by Crippen LogP contribution is 2.48. The predicted octanol–water partition coefficient (Wildman–Crippen LogP) is 1.90. The third-order valence-electron chi connectivity index (χ3n) is 4.11.